The highest BCUT2D eigenvalue weighted by Gasteiger charge is 2.39. The van der Waals surface area contributed by atoms with E-state index in [1.165, 1.54) is 0 Å². The molecule has 0 aromatic heterocycles. The van der Waals surface area contributed by atoms with Crippen LogP contribution in [0.2, 0.25) is 0 Å². The summed E-state index contributed by atoms with van der Waals surface area (Å²) in [5.41, 5.74) is 0. The van der Waals surface area contributed by atoms with Gasteiger partial charge in [0.1, 0.15) is 0 Å². The standard InChI is InChI=1S/C7H8F5NO/c8-5(7(10,11)12)6(9)13-1-3-14-4-2-13/h1-4H2. The zero-order valence-electron chi connectivity index (χ0n) is 7.07. The van der Waals surface area contributed by atoms with Gasteiger partial charge in [0.15, 0.2) is 0 Å². The van der Waals surface area contributed by atoms with Gasteiger partial charge < -0.3 is 9.64 Å². The maximum atomic E-state index is 12.8. The molecular weight excluding hydrogens is 209 g/mol. The molecule has 0 saturated carbocycles. The molecule has 1 rings (SSSR count). The molecule has 1 saturated heterocycles. The molecule has 0 N–H and O–H groups in total. The van der Waals surface area contributed by atoms with Crippen molar-refractivity contribution >= 4 is 0 Å². The third-order valence-corrected chi connectivity index (χ3v) is 1.72. The van der Waals surface area contributed by atoms with Crippen LogP contribution in [0, 0.1) is 0 Å². The summed E-state index contributed by atoms with van der Waals surface area (Å²) in [6.45, 7) is 0.0434. The fourth-order valence-corrected chi connectivity index (χ4v) is 1.02. The van der Waals surface area contributed by atoms with Gasteiger partial charge in [-0.05, 0) is 0 Å². The molecule has 1 aliphatic heterocycles. The Morgan fingerprint density at radius 1 is 1.07 bits per heavy atom. The first kappa shape index (κ1) is 11.2. The minimum Gasteiger partial charge on any atom is -0.378 e. The van der Waals surface area contributed by atoms with Crippen molar-refractivity contribution in [1.29, 1.82) is 0 Å². The van der Waals surface area contributed by atoms with Gasteiger partial charge in [-0.15, -0.1) is 0 Å². The molecule has 2 nitrogen and oxygen atoms in total. The van der Waals surface area contributed by atoms with Crippen LogP contribution in [0.15, 0.2) is 11.8 Å². The number of rotatable bonds is 1. The Labute approximate surface area is 76.9 Å². The van der Waals surface area contributed by atoms with Gasteiger partial charge >= 0.3 is 6.18 Å². The molecule has 7 heteroatoms. The van der Waals surface area contributed by atoms with Crippen LogP contribution in [-0.4, -0.2) is 37.4 Å². The second-order valence-corrected chi connectivity index (χ2v) is 2.70. The third-order valence-electron chi connectivity index (χ3n) is 1.72. The smallest absolute Gasteiger partial charge is 0.378 e. The minimum atomic E-state index is -5.26. The predicted octanol–water partition coefficient (Wildman–Crippen LogP) is 1.99. The summed E-state index contributed by atoms with van der Waals surface area (Å²) in [6, 6.07) is 0. The van der Waals surface area contributed by atoms with Crippen molar-refractivity contribution < 1.29 is 26.7 Å². The quantitative estimate of drug-likeness (QED) is 0.492. The summed E-state index contributed by atoms with van der Waals surface area (Å²) in [5, 5.41) is 0. The number of allylic oxidation sites excluding steroid dienone is 1. The summed E-state index contributed by atoms with van der Waals surface area (Å²) in [6.07, 6.45) is -5.26. The second-order valence-electron chi connectivity index (χ2n) is 2.70. The molecule has 0 amide bonds. The van der Waals surface area contributed by atoms with E-state index >= 15 is 0 Å². The minimum absolute atomic E-state index is 0.0741. The normalized spacial score (nSPS) is 20.8. The van der Waals surface area contributed by atoms with E-state index in [2.05, 4.69) is 0 Å². The zero-order valence-corrected chi connectivity index (χ0v) is 7.07. The van der Waals surface area contributed by atoms with Gasteiger partial charge in [0.2, 0.25) is 5.95 Å². The van der Waals surface area contributed by atoms with Crippen molar-refractivity contribution in [2.45, 2.75) is 6.18 Å². The number of ether oxygens (including phenoxy) is 1. The molecule has 1 fully saturated rings. The Kier molecular flexibility index (Phi) is 3.30. The predicted molar refractivity (Wildman–Crippen MR) is 37.7 cm³/mol. The number of hydrogen-bond donors (Lipinski definition) is 0. The number of alkyl halides is 3. The highest BCUT2D eigenvalue weighted by atomic mass is 19.4. The summed E-state index contributed by atoms with van der Waals surface area (Å²) in [5.74, 6) is -4.54. The lowest BCUT2D eigenvalue weighted by Gasteiger charge is -2.27. The van der Waals surface area contributed by atoms with Crippen molar-refractivity contribution in [3.05, 3.63) is 11.8 Å². The highest BCUT2D eigenvalue weighted by Crippen LogP contribution is 2.31. The van der Waals surface area contributed by atoms with E-state index < -0.39 is 18.0 Å². The Balaban J connectivity index is 2.74. The topological polar surface area (TPSA) is 12.5 Å². The van der Waals surface area contributed by atoms with E-state index in [-0.39, 0.29) is 26.3 Å². The average Bonchev–Trinajstić information content (AvgIpc) is 2.15. The van der Waals surface area contributed by atoms with E-state index in [0.29, 0.717) is 4.90 Å². The zero-order chi connectivity index (χ0) is 10.8. The van der Waals surface area contributed by atoms with Crippen LogP contribution in [0.5, 0.6) is 0 Å². The summed E-state index contributed by atoms with van der Waals surface area (Å²) in [7, 11) is 0. The van der Waals surface area contributed by atoms with Crippen LogP contribution in [0.4, 0.5) is 22.0 Å². The van der Waals surface area contributed by atoms with Crippen molar-refractivity contribution in [1.82, 2.24) is 4.90 Å². The van der Waals surface area contributed by atoms with Crippen LogP contribution in [0.25, 0.3) is 0 Å². The van der Waals surface area contributed by atoms with E-state index in [1.54, 1.807) is 0 Å². The van der Waals surface area contributed by atoms with Gasteiger partial charge in [0, 0.05) is 13.1 Å². The van der Waals surface area contributed by atoms with Crippen LogP contribution >= 0.6 is 0 Å². The molecule has 0 aromatic rings. The maximum absolute atomic E-state index is 12.8. The second kappa shape index (κ2) is 4.12. The highest BCUT2D eigenvalue weighted by molar-refractivity contribution is 5.05. The van der Waals surface area contributed by atoms with E-state index in [0.717, 1.165) is 0 Å². The fraction of sp³-hybridized carbons (Fsp3) is 0.714. The van der Waals surface area contributed by atoms with Crippen LogP contribution in [-0.2, 0) is 4.74 Å². The van der Waals surface area contributed by atoms with E-state index in [9.17, 15) is 22.0 Å². The molecule has 0 unspecified atom stereocenters. The molecule has 0 radical (unpaired) electrons. The lowest BCUT2D eigenvalue weighted by Crippen LogP contribution is -2.35. The fourth-order valence-electron chi connectivity index (χ4n) is 1.02. The molecule has 14 heavy (non-hydrogen) atoms. The average molecular weight is 217 g/mol. The summed E-state index contributed by atoms with van der Waals surface area (Å²) in [4.78, 5) is 0.673. The van der Waals surface area contributed by atoms with Crippen LogP contribution in [0.3, 0.4) is 0 Å². The lowest BCUT2D eigenvalue weighted by atomic mass is 10.4. The van der Waals surface area contributed by atoms with Crippen molar-refractivity contribution in [2.75, 3.05) is 26.3 Å². The van der Waals surface area contributed by atoms with Gasteiger partial charge in [0.05, 0.1) is 13.2 Å². The first-order chi connectivity index (χ1) is 6.43. The molecular formula is C7H8F5NO. The SMILES string of the molecule is FC(=C(F)C(F)(F)F)N1CCOCC1. The van der Waals surface area contributed by atoms with Crippen molar-refractivity contribution in [2.24, 2.45) is 0 Å². The van der Waals surface area contributed by atoms with Gasteiger partial charge in [-0.2, -0.15) is 22.0 Å². The first-order valence-corrected chi connectivity index (χ1v) is 3.88. The van der Waals surface area contributed by atoms with Crippen molar-refractivity contribution in [3.63, 3.8) is 0 Å². The van der Waals surface area contributed by atoms with Gasteiger partial charge in [-0.3, -0.25) is 0 Å². The lowest BCUT2D eigenvalue weighted by molar-refractivity contribution is -0.114. The first-order valence-electron chi connectivity index (χ1n) is 3.88. The molecule has 1 aliphatic rings. The van der Waals surface area contributed by atoms with Gasteiger partial charge in [-0.25, -0.2) is 0 Å². The Morgan fingerprint density at radius 2 is 1.57 bits per heavy atom. The Morgan fingerprint density at radius 3 is 2.00 bits per heavy atom. The number of nitrogens with zero attached hydrogens (tertiary/aromatic N) is 1. The maximum Gasteiger partial charge on any atom is 0.447 e. The Bertz CT molecular complexity index is 231. The molecule has 82 valence electrons. The molecule has 0 atom stereocenters. The molecule has 0 bridgehead atoms. The number of halogens is 5. The van der Waals surface area contributed by atoms with Crippen molar-refractivity contribution in [3.8, 4) is 0 Å². The molecule has 0 spiro atoms. The van der Waals surface area contributed by atoms with Gasteiger partial charge in [-0.1, -0.05) is 0 Å². The third kappa shape index (κ3) is 2.57. The monoisotopic (exact) mass is 217 g/mol. The van der Waals surface area contributed by atoms with E-state index in [4.69, 9.17) is 4.74 Å². The number of hydrogen-bond acceptors (Lipinski definition) is 2. The van der Waals surface area contributed by atoms with Gasteiger partial charge in [0.25, 0.3) is 5.83 Å². The Hall–Kier alpha value is -0.850. The summed E-state index contributed by atoms with van der Waals surface area (Å²) >= 11 is 0. The molecule has 0 aromatic carbocycles. The molecule has 0 aliphatic carbocycles. The largest absolute Gasteiger partial charge is 0.447 e. The van der Waals surface area contributed by atoms with E-state index in [1.807, 2.05) is 0 Å². The van der Waals surface area contributed by atoms with Crippen LogP contribution < -0.4 is 0 Å². The van der Waals surface area contributed by atoms with Crippen LogP contribution in [0.1, 0.15) is 0 Å². The summed E-state index contributed by atoms with van der Waals surface area (Å²) < 4.78 is 65.2. The molecule has 1 heterocycles. The number of morpholine rings is 1.